The van der Waals surface area contributed by atoms with Crippen molar-refractivity contribution in [3.05, 3.63) is 107 Å². The Hall–Kier alpha value is -3.59. The first-order chi connectivity index (χ1) is 18.3. The summed E-state index contributed by atoms with van der Waals surface area (Å²) in [5.41, 5.74) is 1.78. The fourth-order valence-corrected chi connectivity index (χ4v) is 5.90. The molecule has 0 bridgehead atoms. The van der Waals surface area contributed by atoms with Crippen LogP contribution in [0.15, 0.2) is 80.1 Å². The smallest absolute Gasteiger partial charge is 0.338 e. The van der Waals surface area contributed by atoms with Gasteiger partial charge in [-0.25, -0.2) is 9.79 Å². The second-order valence-electron chi connectivity index (χ2n) is 8.37. The first kappa shape index (κ1) is 26.0. The standard InChI is InChI=1S/C28H22Cl2N2O5S/c1-4-36-27(34)24-15(2)31-28-32(25(24)19-7-5-6-8-21(19)35-3)26(33)23(38-28)14-17-10-12-22(37-17)18-11-9-16(29)13-20(18)30/h5-14,25H,4H2,1-3H3/b23-14+. The molecule has 0 fully saturated rings. The second-order valence-corrected chi connectivity index (χ2v) is 10.2. The van der Waals surface area contributed by atoms with Crippen LogP contribution in [-0.2, 0) is 9.53 Å². The van der Waals surface area contributed by atoms with Gasteiger partial charge >= 0.3 is 5.97 Å². The number of furan rings is 1. The summed E-state index contributed by atoms with van der Waals surface area (Å²) in [7, 11) is 1.55. The molecule has 0 spiro atoms. The van der Waals surface area contributed by atoms with Crippen molar-refractivity contribution in [2.75, 3.05) is 13.7 Å². The van der Waals surface area contributed by atoms with Crippen LogP contribution < -0.4 is 19.6 Å². The summed E-state index contributed by atoms with van der Waals surface area (Å²) in [6.07, 6.45) is 1.65. The van der Waals surface area contributed by atoms with Crippen LogP contribution >= 0.6 is 34.5 Å². The Bertz CT molecular complexity index is 1770. The van der Waals surface area contributed by atoms with Crippen molar-refractivity contribution in [3.8, 4) is 17.1 Å². The molecule has 1 aliphatic heterocycles. The third-order valence-electron chi connectivity index (χ3n) is 6.05. The zero-order valence-corrected chi connectivity index (χ0v) is 23.0. The van der Waals surface area contributed by atoms with Gasteiger partial charge in [0.15, 0.2) is 4.80 Å². The molecule has 10 heteroatoms. The number of methoxy groups -OCH3 is 1. The lowest BCUT2D eigenvalue weighted by Gasteiger charge is -2.25. The maximum absolute atomic E-state index is 13.8. The Kier molecular flexibility index (Phi) is 7.29. The van der Waals surface area contributed by atoms with E-state index in [1.54, 1.807) is 63.4 Å². The average molecular weight is 569 g/mol. The van der Waals surface area contributed by atoms with Crippen LogP contribution in [0, 0.1) is 0 Å². The summed E-state index contributed by atoms with van der Waals surface area (Å²) < 4.78 is 18.8. The van der Waals surface area contributed by atoms with Crippen molar-refractivity contribution >= 4 is 46.6 Å². The molecule has 5 rings (SSSR count). The van der Waals surface area contributed by atoms with Gasteiger partial charge in [-0.2, -0.15) is 0 Å². The zero-order chi connectivity index (χ0) is 27.0. The van der Waals surface area contributed by atoms with Gasteiger partial charge in [-0.3, -0.25) is 9.36 Å². The molecule has 194 valence electrons. The predicted molar refractivity (Wildman–Crippen MR) is 148 cm³/mol. The van der Waals surface area contributed by atoms with Gasteiger partial charge in [0.2, 0.25) is 0 Å². The number of hydrogen-bond donors (Lipinski definition) is 0. The lowest BCUT2D eigenvalue weighted by molar-refractivity contribution is -0.139. The van der Waals surface area contributed by atoms with Crippen LogP contribution in [0.3, 0.4) is 0 Å². The van der Waals surface area contributed by atoms with Gasteiger partial charge in [0.25, 0.3) is 5.56 Å². The van der Waals surface area contributed by atoms with Gasteiger partial charge in [-0.1, -0.05) is 52.7 Å². The van der Waals surface area contributed by atoms with Gasteiger partial charge in [0.05, 0.1) is 34.5 Å². The van der Waals surface area contributed by atoms with Gasteiger partial charge in [-0.05, 0) is 50.2 Å². The maximum Gasteiger partial charge on any atom is 0.338 e. The van der Waals surface area contributed by atoms with Gasteiger partial charge in [0.1, 0.15) is 23.3 Å². The number of carbonyl (C=O) groups is 1. The van der Waals surface area contributed by atoms with Crippen LogP contribution in [0.4, 0.5) is 0 Å². The Labute approximate surface area is 231 Å². The van der Waals surface area contributed by atoms with Crippen LogP contribution in [0.5, 0.6) is 5.75 Å². The highest BCUT2D eigenvalue weighted by atomic mass is 35.5. The highest BCUT2D eigenvalue weighted by Crippen LogP contribution is 2.36. The van der Waals surface area contributed by atoms with E-state index in [9.17, 15) is 9.59 Å². The van der Waals surface area contributed by atoms with E-state index in [0.29, 0.717) is 53.5 Å². The number of para-hydroxylation sites is 1. The average Bonchev–Trinajstić information content (AvgIpc) is 3.47. The number of hydrogen-bond acceptors (Lipinski definition) is 7. The fraction of sp³-hybridized carbons (Fsp3) is 0.179. The van der Waals surface area contributed by atoms with E-state index in [2.05, 4.69) is 4.99 Å². The highest BCUT2D eigenvalue weighted by molar-refractivity contribution is 7.07. The number of thiazole rings is 1. The molecule has 1 aliphatic rings. The number of allylic oxidation sites excluding steroid dienone is 1. The summed E-state index contributed by atoms with van der Waals surface area (Å²) in [6, 6.07) is 15.2. The number of ether oxygens (including phenoxy) is 2. The summed E-state index contributed by atoms with van der Waals surface area (Å²) in [6.45, 7) is 3.66. The molecule has 4 aromatic rings. The first-order valence-electron chi connectivity index (χ1n) is 11.7. The van der Waals surface area contributed by atoms with E-state index in [1.807, 2.05) is 18.2 Å². The number of halogens is 2. The molecule has 0 radical (unpaired) electrons. The number of fused-ring (bicyclic) bond motifs is 1. The fourth-order valence-electron chi connectivity index (χ4n) is 4.37. The quantitative estimate of drug-likeness (QED) is 0.292. The number of rotatable bonds is 6. The van der Waals surface area contributed by atoms with Gasteiger partial charge in [-0.15, -0.1) is 0 Å². The third kappa shape index (κ3) is 4.71. The van der Waals surface area contributed by atoms with E-state index in [4.69, 9.17) is 37.1 Å². The first-order valence-corrected chi connectivity index (χ1v) is 13.3. The van der Waals surface area contributed by atoms with Crippen LogP contribution in [-0.4, -0.2) is 24.3 Å². The molecule has 0 saturated carbocycles. The molecule has 0 amide bonds. The molecule has 7 nitrogen and oxygen atoms in total. The van der Waals surface area contributed by atoms with Crippen molar-refractivity contribution < 1.29 is 18.7 Å². The van der Waals surface area contributed by atoms with Crippen molar-refractivity contribution in [2.45, 2.75) is 19.9 Å². The highest BCUT2D eigenvalue weighted by Gasteiger charge is 2.35. The SMILES string of the molecule is CCOC(=O)C1=C(C)N=c2s/c(=C/c3ccc(-c4ccc(Cl)cc4Cl)o3)c(=O)n2C1c1ccccc1OC. The third-order valence-corrected chi connectivity index (χ3v) is 7.58. The molecule has 2 aromatic heterocycles. The Balaban J connectivity index is 1.66. The minimum Gasteiger partial charge on any atom is -0.496 e. The Morgan fingerprint density at radius 1 is 1.18 bits per heavy atom. The monoisotopic (exact) mass is 568 g/mol. The zero-order valence-electron chi connectivity index (χ0n) is 20.7. The number of nitrogens with zero attached hydrogens (tertiary/aromatic N) is 2. The minimum absolute atomic E-state index is 0.192. The normalized spacial score (nSPS) is 15.3. The Morgan fingerprint density at radius 3 is 2.71 bits per heavy atom. The van der Waals surface area contributed by atoms with Gasteiger partial charge < -0.3 is 13.9 Å². The van der Waals surface area contributed by atoms with Crippen LogP contribution in [0.1, 0.15) is 31.2 Å². The largest absolute Gasteiger partial charge is 0.496 e. The Morgan fingerprint density at radius 2 is 1.97 bits per heavy atom. The maximum atomic E-state index is 13.8. The lowest BCUT2D eigenvalue weighted by Crippen LogP contribution is -2.40. The molecule has 0 saturated heterocycles. The van der Waals surface area contributed by atoms with E-state index in [-0.39, 0.29) is 17.7 Å². The van der Waals surface area contributed by atoms with Crippen molar-refractivity contribution in [1.82, 2.24) is 4.57 Å². The molecular weight excluding hydrogens is 547 g/mol. The summed E-state index contributed by atoms with van der Waals surface area (Å²) >= 11 is 13.5. The number of esters is 1. The minimum atomic E-state index is -0.774. The van der Waals surface area contributed by atoms with E-state index in [1.165, 1.54) is 15.9 Å². The van der Waals surface area contributed by atoms with Crippen LogP contribution in [0.2, 0.25) is 10.0 Å². The molecule has 38 heavy (non-hydrogen) atoms. The number of benzene rings is 2. The summed E-state index contributed by atoms with van der Waals surface area (Å²) in [4.78, 5) is 31.9. The van der Waals surface area contributed by atoms with E-state index in [0.717, 1.165) is 0 Å². The van der Waals surface area contributed by atoms with Crippen LogP contribution in [0.25, 0.3) is 17.4 Å². The summed E-state index contributed by atoms with van der Waals surface area (Å²) in [5.74, 6) is 1.01. The van der Waals surface area contributed by atoms with E-state index >= 15 is 0 Å². The number of aromatic nitrogens is 1. The second kappa shape index (κ2) is 10.6. The molecule has 1 atom stereocenters. The van der Waals surface area contributed by atoms with Crippen molar-refractivity contribution in [2.24, 2.45) is 4.99 Å². The topological polar surface area (TPSA) is 83.0 Å². The molecular formula is C28H22Cl2N2O5S. The molecule has 3 heterocycles. The molecule has 0 N–H and O–H groups in total. The van der Waals surface area contributed by atoms with Gasteiger partial charge in [0, 0.05) is 22.2 Å². The number of carbonyl (C=O) groups excluding carboxylic acids is 1. The molecule has 1 unspecified atom stereocenters. The summed E-state index contributed by atoms with van der Waals surface area (Å²) in [5, 5.41) is 0.977. The predicted octanol–water partition coefficient (Wildman–Crippen LogP) is 5.37. The molecule has 2 aromatic carbocycles. The lowest BCUT2D eigenvalue weighted by atomic mass is 9.95. The van der Waals surface area contributed by atoms with E-state index < -0.39 is 12.0 Å². The van der Waals surface area contributed by atoms with Crippen molar-refractivity contribution in [3.63, 3.8) is 0 Å². The molecule has 0 aliphatic carbocycles. The van der Waals surface area contributed by atoms with Crippen molar-refractivity contribution in [1.29, 1.82) is 0 Å².